The van der Waals surface area contributed by atoms with Crippen molar-refractivity contribution in [3.05, 3.63) is 0 Å². The van der Waals surface area contributed by atoms with E-state index in [4.69, 9.17) is 0 Å². The summed E-state index contributed by atoms with van der Waals surface area (Å²) in [4.78, 5) is 11.2. The van der Waals surface area contributed by atoms with Gasteiger partial charge in [0.05, 0.1) is 5.92 Å². The van der Waals surface area contributed by atoms with Crippen molar-refractivity contribution in [2.45, 2.75) is 97.8 Å². The zero-order valence-corrected chi connectivity index (χ0v) is 14.0. The molecule has 0 radical (unpaired) electrons. The molecule has 0 spiro atoms. The number of rotatable bonds is 14. The Morgan fingerprint density at radius 2 is 1.30 bits per heavy atom. The summed E-state index contributed by atoms with van der Waals surface area (Å²) in [6, 6.07) is 0. The zero-order valence-electron chi connectivity index (χ0n) is 14.0. The van der Waals surface area contributed by atoms with Crippen LogP contribution in [0.1, 0.15) is 97.8 Å². The van der Waals surface area contributed by atoms with Crippen LogP contribution >= 0.6 is 0 Å². The van der Waals surface area contributed by atoms with Gasteiger partial charge in [-0.1, -0.05) is 85.0 Å². The largest absolute Gasteiger partial charge is 0.481 e. The van der Waals surface area contributed by atoms with Gasteiger partial charge in [0.1, 0.15) is 0 Å². The molecular weight excluding hydrogens is 248 g/mol. The highest BCUT2D eigenvalue weighted by atomic mass is 16.4. The van der Waals surface area contributed by atoms with E-state index < -0.39 is 5.97 Å². The van der Waals surface area contributed by atoms with Gasteiger partial charge in [-0.25, -0.2) is 0 Å². The van der Waals surface area contributed by atoms with Gasteiger partial charge in [-0.2, -0.15) is 0 Å². The fraction of sp³-hybridized carbons (Fsp3) is 0.944. The van der Waals surface area contributed by atoms with Crippen LogP contribution in [0.15, 0.2) is 0 Å². The van der Waals surface area contributed by atoms with Gasteiger partial charge in [0.2, 0.25) is 0 Å². The summed E-state index contributed by atoms with van der Waals surface area (Å²) in [5.41, 5.74) is 0. The molecule has 0 aromatic rings. The minimum absolute atomic E-state index is 0.103. The summed E-state index contributed by atoms with van der Waals surface area (Å²) in [5.74, 6) is -0.00175. The van der Waals surface area contributed by atoms with E-state index in [-0.39, 0.29) is 5.92 Å². The third-order valence-electron chi connectivity index (χ3n) is 4.09. The van der Waals surface area contributed by atoms with E-state index in [9.17, 15) is 9.90 Å². The first-order chi connectivity index (χ1) is 9.57. The van der Waals surface area contributed by atoms with Crippen LogP contribution in [0.25, 0.3) is 0 Å². The van der Waals surface area contributed by atoms with Crippen molar-refractivity contribution >= 4 is 5.97 Å². The molecule has 0 bridgehead atoms. The van der Waals surface area contributed by atoms with Gasteiger partial charge >= 0.3 is 5.97 Å². The first-order valence-electron chi connectivity index (χ1n) is 8.80. The number of hydrogen-bond donors (Lipinski definition) is 1. The second-order valence-electron chi connectivity index (χ2n) is 6.62. The third kappa shape index (κ3) is 12.5. The highest BCUT2D eigenvalue weighted by molar-refractivity contribution is 5.69. The fourth-order valence-corrected chi connectivity index (χ4v) is 2.69. The van der Waals surface area contributed by atoms with E-state index in [1.165, 1.54) is 44.9 Å². The molecule has 20 heavy (non-hydrogen) atoms. The summed E-state index contributed by atoms with van der Waals surface area (Å²) < 4.78 is 0. The molecule has 1 unspecified atom stereocenters. The van der Waals surface area contributed by atoms with E-state index in [1.807, 2.05) is 0 Å². The number of carboxylic acid groups (broad SMARTS) is 1. The van der Waals surface area contributed by atoms with E-state index in [0.29, 0.717) is 5.92 Å². The molecule has 0 amide bonds. The number of aliphatic carboxylic acids is 1. The molecule has 1 atom stereocenters. The SMILES string of the molecule is CCCCCCCCCCC(CCCC(C)C)C(=O)O. The molecule has 2 nitrogen and oxygen atoms in total. The highest BCUT2D eigenvalue weighted by Crippen LogP contribution is 2.19. The molecule has 0 heterocycles. The van der Waals surface area contributed by atoms with Crippen molar-refractivity contribution < 1.29 is 9.90 Å². The maximum atomic E-state index is 11.2. The fourth-order valence-electron chi connectivity index (χ4n) is 2.69. The quantitative estimate of drug-likeness (QED) is 0.394. The summed E-state index contributed by atoms with van der Waals surface area (Å²) >= 11 is 0. The monoisotopic (exact) mass is 284 g/mol. The van der Waals surface area contributed by atoms with E-state index in [1.54, 1.807) is 0 Å². The standard InChI is InChI=1S/C18H36O2/c1-4-5-6-7-8-9-10-11-14-17(18(19)20)15-12-13-16(2)3/h16-17H,4-15H2,1-3H3,(H,19,20). The first kappa shape index (κ1) is 19.5. The predicted octanol–water partition coefficient (Wildman–Crippen LogP) is 6.04. The number of unbranched alkanes of at least 4 members (excludes halogenated alkanes) is 7. The number of carboxylic acids is 1. The van der Waals surface area contributed by atoms with Crippen molar-refractivity contribution in [1.82, 2.24) is 0 Å². The second-order valence-corrected chi connectivity index (χ2v) is 6.62. The van der Waals surface area contributed by atoms with Crippen LogP contribution < -0.4 is 0 Å². The molecular formula is C18H36O2. The molecule has 0 rings (SSSR count). The normalized spacial score (nSPS) is 12.8. The Hall–Kier alpha value is -0.530. The molecule has 0 aliphatic carbocycles. The molecule has 0 fully saturated rings. The third-order valence-corrected chi connectivity index (χ3v) is 4.09. The van der Waals surface area contributed by atoms with E-state index in [2.05, 4.69) is 20.8 Å². The molecule has 0 saturated carbocycles. The molecule has 0 aromatic heterocycles. The lowest BCUT2D eigenvalue weighted by Gasteiger charge is -2.13. The lowest BCUT2D eigenvalue weighted by molar-refractivity contribution is -0.142. The van der Waals surface area contributed by atoms with Crippen LogP contribution in [0.4, 0.5) is 0 Å². The Kier molecular flexibility index (Phi) is 13.1. The van der Waals surface area contributed by atoms with Gasteiger partial charge in [0.15, 0.2) is 0 Å². The van der Waals surface area contributed by atoms with Gasteiger partial charge in [-0.3, -0.25) is 4.79 Å². The van der Waals surface area contributed by atoms with Gasteiger partial charge in [0, 0.05) is 0 Å². The van der Waals surface area contributed by atoms with Crippen molar-refractivity contribution in [1.29, 1.82) is 0 Å². The Bertz CT molecular complexity index is 223. The van der Waals surface area contributed by atoms with E-state index >= 15 is 0 Å². The number of carbonyl (C=O) groups is 1. The molecule has 0 aromatic carbocycles. The maximum absolute atomic E-state index is 11.2. The molecule has 1 N–H and O–H groups in total. The van der Waals surface area contributed by atoms with Crippen molar-refractivity contribution in [3.63, 3.8) is 0 Å². The van der Waals surface area contributed by atoms with Gasteiger partial charge in [0.25, 0.3) is 0 Å². The first-order valence-corrected chi connectivity index (χ1v) is 8.80. The lowest BCUT2D eigenvalue weighted by Crippen LogP contribution is -2.13. The summed E-state index contributed by atoms with van der Waals surface area (Å²) in [7, 11) is 0. The molecule has 2 heteroatoms. The molecule has 0 aliphatic rings. The molecule has 0 saturated heterocycles. The smallest absolute Gasteiger partial charge is 0.306 e. The minimum Gasteiger partial charge on any atom is -0.481 e. The molecule has 120 valence electrons. The maximum Gasteiger partial charge on any atom is 0.306 e. The summed E-state index contributed by atoms with van der Waals surface area (Å²) in [6.45, 7) is 6.65. The van der Waals surface area contributed by atoms with Gasteiger partial charge in [-0.15, -0.1) is 0 Å². The van der Waals surface area contributed by atoms with Gasteiger partial charge < -0.3 is 5.11 Å². The zero-order chi connectivity index (χ0) is 15.2. The van der Waals surface area contributed by atoms with Crippen molar-refractivity contribution in [3.8, 4) is 0 Å². The van der Waals surface area contributed by atoms with E-state index in [0.717, 1.165) is 32.1 Å². The van der Waals surface area contributed by atoms with Crippen LogP contribution in [0, 0.1) is 11.8 Å². The molecule has 0 aliphatic heterocycles. The van der Waals surface area contributed by atoms with Crippen molar-refractivity contribution in [2.75, 3.05) is 0 Å². The highest BCUT2D eigenvalue weighted by Gasteiger charge is 2.16. The van der Waals surface area contributed by atoms with Crippen LogP contribution in [0.5, 0.6) is 0 Å². The van der Waals surface area contributed by atoms with Crippen LogP contribution in [-0.2, 0) is 4.79 Å². The average Bonchev–Trinajstić information content (AvgIpc) is 2.39. The Morgan fingerprint density at radius 1 is 0.800 bits per heavy atom. The van der Waals surface area contributed by atoms with Crippen LogP contribution in [-0.4, -0.2) is 11.1 Å². The Morgan fingerprint density at radius 3 is 1.80 bits per heavy atom. The van der Waals surface area contributed by atoms with Crippen molar-refractivity contribution in [2.24, 2.45) is 11.8 Å². The Labute approximate surface area is 126 Å². The number of hydrogen-bond acceptors (Lipinski definition) is 1. The second kappa shape index (κ2) is 13.5. The summed E-state index contributed by atoms with van der Waals surface area (Å²) in [6.07, 6.45) is 14.2. The Balaban J connectivity index is 3.53. The minimum atomic E-state index is -0.586. The van der Waals surface area contributed by atoms with Gasteiger partial charge in [-0.05, 0) is 18.8 Å². The van der Waals surface area contributed by atoms with Crippen LogP contribution in [0.3, 0.4) is 0 Å². The predicted molar refractivity (Wildman–Crippen MR) is 87.0 cm³/mol. The summed E-state index contributed by atoms with van der Waals surface area (Å²) in [5, 5.41) is 9.24. The average molecular weight is 284 g/mol. The topological polar surface area (TPSA) is 37.3 Å². The van der Waals surface area contributed by atoms with Crippen LogP contribution in [0.2, 0.25) is 0 Å². The lowest BCUT2D eigenvalue weighted by atomic mass is 9.93.